The molecule has 2 heterocycles. The van der Waals surface area contributed by atoms with Gasteiger partial charge >= 0.3 is 0 Å². The lowest BCUT2D eigenvalue weighted by Crippen LogP contribution is -2.32. The summed E-state index contributed by atoms with van der Waals surface area (Å²) in [6.07, 6.45) is 3.18. The Balaban J connectivity index is 1.89. The molecule has 0 saturated heterocycles. The second-order valence-electron chi connectivity index (χ2n) is 6.33. The first-order valence-corrected chi connectivity index (χ1v) is 9.90. The fraction of sp³-hybridized carbons (Fsp3) is 0.278. The van der Waals surface area contributed by atoms with Gasteiger partial charge in [0, 0.05) is 18.0 Å². The Kier molecular flexibility index (Phi) is 5.71. The summed E-state index contributed by atoms with van der Waals surface area (Å²) in [6.45, 7) is 3.61. The van der Waals surface area contributed by atoms with Gasteiger partial charge in [0.1, 0.15) is 6.04 Å². The highest BCUT2D eigenvalue weighted by atomic mass is 32.2. The average Bonchev–Trinajstić information content (AvgIpc) is 3.16. The summed E-state index contributed by atoms with van der Waals surface area (Å²) in [5.74, 6) is -0.594. The van der Waals surface area contributed by atoms with Crippen LogP contribution in [0.2, 0.25) is 0 Å². The van der Waals surface area contributed by atoms with Gasteiger partial charge in [-0.3, -0.25) is 4.98 Å². The van der Waals surface area contributed by atoms with Crippen molar-refractivity contribution in [2.24, 2.45) is 5.92 Å². The summed E-state index contributed by atoms with van der Waals surface area (Å²) in [5.41, 5.74) is 0.688. The van der Waals surface area contributed by atoms with Gasteiger partial charge in [0.2, 0.25) is 21.7 Å². The van der Waals surface area contributed by atoms with E-state index >= 15 is 0 Å². The minimum Gasteiger partial charge on any atom is -0.494 e. The molecular weight excluding hydrogens is 387 g/mol. The van der Waals surface area contributed by atoms with Gasteiger partial charge in [-0.15, -0.1) is 0 Å². The van der Waals surface area contributed by atoms with Crippen LogP contribution in [-0.2, 0) is 10.0 Å². The van der Waals surface area contributed by atoms with Crippen LogP contribution in [0.1, 0.15) is 25.8 Å². The summed E-state index contributed by atoms with van der Waals surface area (Å²) in [5, 5.41) is 3.90. The van der Waals surface area contributed by atoms with Crippen molar-refractivity contribution in [1.82, 2.24) is 19.8 Å². The Hall–Kier alpha value is -2.85. The van der Waals surface area contributed by atoms with Gasteiger partial charge in [0.15, 0.2) is 11.6 Å². The van der Waals surface area contributed by atoms with Crippen molar-refractivity contribution < 1.29 is 22.1 Å². The zero-order valence-corrected chi connectivity index (χ0v) is 16.3. The molecule has 0 fully saturated rings. The molecule has 0 aliphatic rings. The molecule has 28 heavy (non-hydrogen) atoms. The summed E-state index contributed by atoms with van der Waals surface area (Å²) in [7, 11) is -2.74. The van der Waals surface area contributed by atoms with E-state index in [4.69, 9.17) is 9.26 Å². The normalized spacial score (nSPS) is 12.9. The van der Waals surface area contributed by atoms with E-state index in [2.05, 4.69) is 19.8 Å². The third kappa shape index (κ3) is 4.18. The number of sulfonamides is 1. The first-order chi connectivity index (χ1) is 13.3. The molecule has 10 heteroatoms. The van der Waals surface area contributed by atoms with E-state index in [0.717, 1.165) is 6.07 Å². The van der Waals surface area contributed by atoms with Crippen molar-refractivity contribution in [2.75, 3.05) is 7.11 Å². The number of pyridine rings is 1. The van der Waals surface area contributed by atoms with Gasteiger partial charge in [-0.2, -0.15) is 9.71 Å². The van der Waals surface area contributed by atoms with Crippen LogP contribution in [0.5, 0.6) is 5.75 Å². The molecule has 148 valence electrons. The van der Waals surface area contributed by atoms with E-state index in [1.54, 1.807) is 38.4 Å². The number of halogens is 1. The monoisotopic (exact) mass is 406 g/mol. The van der Waals surface area contributed by atoms with Gasteiger partial charge in [-0.1, -0.05) is 19.0 Å². The standard InChI is InChI=1S/C18H19FN4O4S/c1-11(2)16(18-21-17(22-27-18)12-6-8-20-9-7-12)23-28(24,25)13-4-5-15(26-3)14(19)10-13/h4-11,16,23H,1-3H3/t16-/m1/s1. The second-order valence-corrected chi connectivity index (χ2v) is 8.05. The second kappa shape index (κ2) is 8.03. The third-order valence-electron chi connectivity index (χ3n) is 4.03. The Labute approximate surface area is 161 Å². The Bertz CT molecular complexity index is 1050. The predicted octanol–water partition coefficient (Wildman–Crippen LogP) is 2.95. The van der Waals surface area contributed by atoms with Crippen LogP contribution in [-0.4, -0.2) is 30.7 Å². The number of ether oxygens (including phenoxy) is 1. The minimum atomic E-state index is -4.04. The van der Waals surface area contributed by atoms with Crippen molar-refractivity contribution in [3.8, 4) is 17.1 Å². The number of aromatic nitrogens is 3. The Morgan fingerprint density at radius 2 is 1.89 bits per heavy atom. The van der Waals surface area contributed by atoms with E-state index in [1.165, 1.54) is 19.2 Å². The molecule has 0 spiro atoms. The molecule has 0 unspecified atom stereocenters. The topological polar surface area (TPSA) is 107 Å². The lowest BCUT2D eigenvalue weighted by Gasteiger charge is -2.18. The largest absolute Gasteiger partial charge is 0.494 e. The predicted molar refractivity (Wildman–Crippen MR) is 98.4 cm³/mol. The zero-order chi connectivity index (χ0) is 20.3. The lowest BCUT2D eigenvalue weighted by atomic mass is 10.1. The molecular formula is C18H19FN4O4S. The van der Waals surface area contributed by atoms with Crippen molar-refractivity contribution >= 4 is 10.0 Å². The average molecular weight is 406 g/mol. The highest BCUT2D eigenvalue weighted by Gasteiger charge is 2.29. The Morgan fingerprint density at radius 3 is 2.50 bits per heavy atom. The molecule has 3 rings (SSSR count). The van der Waals surface area contributed by atoms with Crippen LogP contribution in [0.3, 0.4) is 0 Å². The molecule has 1 atom stereocenters. The molecule has 2 aromatic heterocycles. The number of hydrogen-bond acceptors (Lipinski definition) is 7. The number of nitrogens with zero attached hydrogens (tertiary/aromatic N) is 3. The van der Waals surface area contributed by atoms with E-state index < -0.39 is 21.9 Å². The van der Waals surface area contributed by atoms with Crippen molar-refractivity contribution in [2.45, 2.75) is 24.8 Å². The van der Waals surface area contributed by atoms with E-state index in [1.807, 2.05) is 0 Å². The number of hydrogen-bond donors (Lipinski definition) is 1. The van der Waals surface area contributed by atoms with E-state index in [-0.39, 0.29) is 22.5 Å². The maximum atomic E-state index is 13.9. The molecule has 0 aliphatic carbocycles. The molecule has 3 aromatic rings. The molecule has 0 amide bonds. The molecule has 0 aliphatic heterocycles. The maximum Gasteiger partial charge on any atom is 0.245 e. The SMILES string of the molecule is COc1ccc(S(=O)(=O)N[C@@H](c2nc(-c3ccncc3)no2)C(C)C)cc1F. The lowest BCUT2D eigenvalue weighted by molar-refractivity contribution is 0.311. The Morgan fingerprint density at radius 1 is 1.18 bits per heavy atom. The van der Waals surface area contributed by atoms with Crippen LogP contribution in [0.4, 0.5) is 4.39 Å². The van der Waals surface area contributed by atoms with Crippen LogP contribution < -0.4 is 9.46 Å². The molecule has 0 bridgehead atoms. The smallest absolute Gasteiger partial charge is 0.245 e. The van der Waals surface area contributed by atoms with Crippen molar-refractivity contribution in [3.63, 3.8) is 0 Å². The van der Waals surface area contributed by atoms with E-state index in [0.29, 0.717) is 11.4 Å². The highest BCUT2D eigenvalue weighted by molar-refractivity contribution is 7.89. The van der Waals surface area contributed by atoms with Crippen LogP contribution in [0.25, 0.3) is 11.4 Å². The number of methoxy groups -OCH3 is 1. The summed E-state index contributed by atoms with van der Waals surface area (Å²) in [4.78, 5) is 7.99. The molecule has 0 radical (unpaired) electrons. The van der Waals surface area contributed by atoms with E-state index in [9.17, 15) is 12.8 Å². The summed E-state index contributed by atoms with van der Waals surface area (Å²) < 4.78 is 52.0. The quantitative estimate of drug-likeness (QED) is 0.643. The zero-order valence-electron chi connectivity index (χ0n) is 15.5. The van der Waals surface area contributed by atoms with Crippen molar-refractivity contribution in [3.05, 3.63) is 54.4 Å². The van der Waals surface area contributed by atoms with Crippen LogP contribution >= 0.6 is 0 Å². The van der Waals surface area contributed by atoms with Crippen LogP contribution in [0.15, 0.2) is 52.1 Å². The summed E-state index contributed by atoms with van der Waals surface area (Å²) in [6, 6.07) is 6.04. The van der Waals surface area contributed by atoms with Gasteiger partial charge in [-0.25, -0.2) is 12.8 Å². The van der Waals surface area contributed by atoms with Gasteiger partial charge in [0.25, 0.3) is 0 Å². The van der Waals surface area contributed by atoms with Crippen molar-refractivity contribution in [1.29, 1.82) is 0 Å². The third-order valence-corrected chi connectivity index (χ3v) is 5.47. The molecule has 0 saturated carbocycles. The minimum absolute atomic E-state index is 0.0433. The van der Waals surface area contributed by atoms with Crippen LogP contribution in [0, 0.1) is 11.7 Å². The van der Waals surface area contributed by atoms with Gasteiger partial charge < -0.3 is 9.26 Å². The molecule has 8 nitrogen and oxygen atoms in total. The molecule has 1 N–H and O–H groups in total. The number of rotatable bonds is 7. The number of benzene rings is 1. The number of nitrogens with one attached hydrogen (secondary N) is 1. The fourth-order valence-corrected chi connectivity index (χ4v) is 3.85. The molecule has 1 aromatic carbocycles. The summed E-state index contributed by atoms with van der Waals surface area (Å²) >= 11 is 0. The fourth-order valence-electron chi connectivity index (χ4n) is 2.50. The highest BCUT2D eigenvalue weighted by Crippen LogP contribution is 2.27. The van der Waals surface area contributed by atoms with Gasteiger partial charge in [-0.05, 0) is 36.2 Å². The first kappa shape index (κ1) is 19.9. The first-order valence-electron chi connectivity index (χ1n) is 8.41. The maximum absolute atomic E-state index is 13.9. The van der Waals surface area contributed by atoms with Gasteiger partial charge in [0.05, 0.1) is 12.0 Å².